The zero-order valence-corrected chi connectivity index (χ0v) is 13.5. The van der Waals surface area contributed by atoms with Gasteiger partial charge in [-0.15, -0.1) is 0 Å². The lowest BCUT2D eigenvalue weighted by Gasteiger charge is -2.37. The van der Waals surface area contributed by atoms with E-state index in [4.69, 9.17) is 5.73 Å². The molecule has 0 radical (unpaired) electrons. The number of hydrogen-bond acceptors (Lipinski definition) is 3. The van der Waals surface area contributed by atoms with Crippen molar-refractivity contribution in [3.05, 3.63) is 22.4 Å². The first-order valence-electron chi connectivity index (χ1n) is 8.30. The van der Waals surface area contributed by atoms with E-state index in [-0.39, 0.29) is 11.5 Å². The molecule has 2 fully saturated rings. The molecule has 1 saturated heterocycles. The molecule has 1 aliphatic carbocycles. The predicted molar refractivity (Wildman–Crippen MR) is 87.2 cm³/mol. The number of rotatable bonds is 3. The number of nitrogens with zero attached hydrogens (tertiary/aromatic N) is 1. The molecule has 1 aromatic rings. The first kappa shape index (κ1) is 15.0. The first-order chi connectivity index (χ1) is 10.3. The number of nitrogens with two attached hydrogens (primary N) is 1. The van der Waals surface area contributed by atoms with Crippen LogP contribution >= 0.6 is 11.3 Å². The van der Waals surface area contributed by atoms with Crippen LogP contribution in [-0.2, 0) is 4.79 Å². The van der Waals surface area contributed by atoms with Gasteiger partial charge in [0.05, 0.1) is 11.5 Å². The predicted octanol–water partition coefficient (Wildman–Crippen LogP) is 3.71. The Hall–Kier alpha value is -0.870. The van der Waals surface area contributed by atoms with Crippen LogP contribution in [0.5, 0.6) is 0 Å². The third kappa shape index (κ3) is 2.88. The molecule has 0 aromatic carbocycles. The molecule has 1 atom stereocenters. The van der Waals surface area contributed by atoms with E-state index in [9.17, 15) is 4.79 Å². The average molecular weight is 306 g/mol. The van der Waals surface area contributed by atoms with E-state index in [1.165, 1.54) is 18.4 Å². The average Bonchev–Trinajstić information content (AvgIpc) is 3.13. The minimum absolute atomic E-state index is 0.283. The van der Waals surface area contributed by atoms with Crippen molar-refractivity contribution in [3.8, 4) is 0 Å². The standard InChI is InChI=1S/C17H26N2OS/c18-13-17(8-3-1-2-4-9-17)16(20)19-10-5-6-15(19)14-7-11-21-12-14/h7,11-12,15H,1-6,8-10,13,18H2. The van der Waals surface area contributed by atoms with Crippen molar-refractivity contribution in [2.75, 3.05) is 13.1 Å². The molecule has 3 nitrogen and oxygen atoms in total. The molecule has 116 valence electrons. The minimum atomic E-state index is -0.283. The molecule has 2 heterocycles. The quantitative estimate of drug-likeness (QED) is 0.865. The van der Waals surface area contributed by atoms with Gasteiger partial charge in [-0.25, -0.2) is 0 Å². The van der Waals surface area contributed by atoms with Gasteiger partial charge in [0, 0.05) is 13.1 Å². The van der Waals surface area contributed by atoms with E-state index >= 15 is 0 Å². The van der Waals surface area contributed by atoms with E-state index in [1.54, 1.807) is 11.3 Å². The second-order valence-corrected chi connectivity index (χ2v) is 7.39. The number of thiophene rings is 1. The SMILES string of the molecule is NCC1(C(=O)N2CCCC2c2ccsc2)CCCCCC1. The summed E-state index contributed by atoms with van der Waals surface area (Å²) in [5.74, 6) is 0.334. The Kier molecular flexibility index (Phi) is 4.65. The number of carbonyl (C=O) groups is 1. The van der Waals surface area contributed by atoms with Crippen molar-refractivity contribution in [1.82, 2.24) is 4.90 Å². The largest absolute Gasteiger partial charge is 0.335 e. The van der Waals surface area contributed by atoms with Gasteiger partial charge in [0.25, 0.3) is 0 Å². The summed E-state index contributed by atoms with van der Waals surface area (Å²) < 4.78 is 0. The lowest BCUT2D eigenvalue weighted by atomic mass is 9.78. The smallest absolute Gasteiger partial charge is 0.230 e. The van der Waals surface area contributed by atoms with E-state index in [1.807, 2.05) is 0 Å². The van der Waals surface area contributed by atoms with E-state index in [0.29, 0.717) is 12.5 Å². The van der Waals surface area contributed by atoms with Crippen molar-refractivity contribution < 1.29 is 4.79 Å². The van der Waals surface area contributed by atoms with Crippen molar-refractivity contribution >= 4 is 17.2 Å². The number of carbonyl (C=O) groups excluding carboxylic acids is 1. The highest BCUT2D eigenvalue weighted by Crippen LogP contribution is 2.41. The van der Waals surface area contributed by atoms with Crippen LogP contribution in [0.2, 0.25) is 0 Å². The molecular weight excluding hydrogens is 280 g/mol. The molecule has 0 bridgehead atoms. The highest BCUT2D eigenvalue weighted by Gasteiger charge is 2.43. The van der Waals surface area contributed by atoms with Crippen LogP contribution in [0.1, 0.15) is 63.0 Å². The van der Waals surface area contributed by atoms with Crippen molar-refractivity contribution in [2.24, 2.45) is 11.1 Å². The molecule has 2 aliphatic rings. The Balaban J connectivity index is 1.82. The van der Waals surface area contributed by atoms with Crippen LogP contribution in [0.25, 0.3) is 0 Å². The normalized spacial score (nSPS) is 25.8. The molecule has 2 N–H and O–H groups in total. The number of amides is 1. The summed E-state index contributed by atoms with van der Waals surface area (Å²) in [4.78, 5) is 15.4. The minimum Gasteiger partial charge on any atom is -0.335 e. The summed E-state index contributed by atoms with van der Waals surface area (Å²) in [5.41, 5.74) is 7.12. The second-order valence-electron chi connectivity index (χ2n) is 6.61. The van der Waals surface area contributed by atoms with Crippen LogP contribution in [0, 0.1) is 5.41 Å². The van der Waals surface area contributed by atoms with Crippen LogP contribution < -0.4 is 5.73 Å². The molecule has 1 aromatic heterocycles. The van der Waals surface area contributed by atoms with Crippen LogP contribution in [0.3, 0.4) is 0 Å². The van der Waals surface area contributed by atoms with Gasteiger partial charge in [-0.2, -0.15) is 11.3 Å². The Morgan fingerprint density at radius 3 is 2.67 bits per heavy atom. The van der Waals surface area contributed by atoms with E-state index in [2.05, 4.69) is 21.7 Å². The zero-order valence-electron chi connectivity index (χ0n) is 12.7. The fraction of sp³-hybridized carbons (Fsp3) is 0.706. The lowest BCUT2D eigenvalue weighted by Crippen LogP contribution is -2.47. The summed E-state index contributed by atoms with van der Waals surface area (Å²) >= 11 is 1.72. The summed E-state index contributed by atoms with van der Waals surface area (Å²) in [6.45, 7) is 1.42. The number of likely N-dealkylation sites (tertiary alicyclic amines) is 1. The second kappa shape index (κ2) is 6.49. The van der Waals surface area contributed by atoms with Gasteiger partial charge >= 0.3 is 0 Å². The van der Waals surface area contributed by atoms with Crippen LogP contribution in [-0.4, -0.2) is 23.9 Å². The fourth-order valence-corrected chi connectivity index (χ4v) is 4.74. The molecule has 1 saturated carbocycles. The molecule has 1 aliphatic heterocycles. The Morgan fingerprint density at radius 2 is 2.05 bits per heavy atom. The first-order valence-corrected chi connectivity index (χ1v) is 9.24. The van der Waals surface area contributed by atoms with Crippen molar-refractivity contribution in [2.45, 2.75) is 57.4 Å². The Labute approximate surface area is 131 Å². The topological polar surface area (TPSA) is 46.3 Å². The number of hydrogen-bond donors (Lipinski definition) is 1. The maximum atomic E-state index is 13.3. The summed E-state index contributed by atoms with van der Waals surface area (Å²) in [5, 5.41) is 4.30. The molecular formula is C17H26N2OS. The highest BCUT2D eigenvalue weighted by atomic mass is 32.1. The van der Waals surface area contributed by atoms with Crippen molar-refractivity contribution in [1.29, 1.82) is 0 Å². The van der Waals surface area contributed by atoms with Gasteiger partial charge in [-0.3, -0.25) is 4.79 Å². The lowest BCUT2D eigenvalue weighted by molar-refractivity contribution is -0.143. The Morgan fingerprint density at radius 1 is 1.29 bits per heavy atom. The van der Waals surface area contributed by atoms with Crippen LogP contribution in [0.15, 0.2) is 16.8 Å². The summed E-state index contributed by atoms with van der Waals surface area (Å²) in [6, 6.07) is 2.46. The van der Waals surface area contributed by atoms with E-state index in [0.717, 1.165) is 45.1 Å². The molecule has 1 amide bonds. The maximum Gasteiger partial charge on any atom is 0.230 e. The van der Waals surface area contributed by atoms with Gasteiger partial charge in [-0.1, -0.05) is 25.7 Å². The Bertz CT molecular complexity index is 463. The molecule has 1 unspecified atom stereocenters. The zero-order chi connectivity index (χ0) is 14.7. The van der Waals surface area contributed by atoms with Gasteiger partial charge < -0.3 is 10.6 Å². The van der Waals surface area contributed by atoms with Crippen molar-refractivity contribution in [3.63, 3.8) is 0 Å². The van der Waals surface area contributed by atoms with Gasteiger partial charge in [0.1, 0.15) is 0 Å². The summed E-state index contributed by atoms with van der Waals surface area (Å²) in [7, 11) is 0. The monoisotopic (exact) mass is 306 g/mol. The molecule has 3 rings (SSSR count). The van der Waals surface area contributed by atoms with Gasteiger partial charge in [-0.05, 0) is 48.1 Å². The van der Waals surface area contributed by atoms with Crippen LogP contribution in [0.4, 0.5) is 0 Å². The molecule has 21 heavy (non-hydrogen) atoms. The summed E-state index contributed by atoms with van der Waals surface area (Å²) in [6.07, 6.45) is 8.99. The third-order valence-electron chi connectivity index (χ3n) is 5.35. The fourth-order valence-electron chi connectivity index (χ4n) is 4.04. The van der Waals surface area contributed by atoms with E-state index < -0.39 is 0 Å². The highest BCUT2D eigenvalue weighted by molar-refractivity contribution is 7.07. The third-order valence-corrected chi connectivity index (χ3v) is 6.05. The molecule has 0 spiro atoms. The van der Waals surface area contributed by atoms with Gasteiger partial charge in [0.15, 0.2) is 0 Å². The van der Waals surface area contributed by atoms with Gasteiger partial charge in [0.2, 0.25) is 5.91 Å². The maximum absolute atomic E-state index is 13.3. The molecule has 4 heteroatoms.